The highest BCUT2D eigenvalue weighted by Crippen LogP contribution is 2.07. The molecule has 0 saturated carbocycles. The Bertz CT molecular complexity index is 872. The Labute approximate surface area is 161 Å². The molecule has 9 heteroatoms. The summed E-state index contributed by atoms with van der Waals surface area (Å²) in [4.78, 5) is 35.5. The number of benzene rings is 1. The van der Waals surface area contributed by atoms with Gasteiger partial charge in [0.2, 0.25) is 0 Å². The van der Waals surface area contributed by atoms with Gasteiger partial charge in [-0.1, -0.05) is 26.0 Å². The van der Waals surface area contributed by atoms with Crippen LogP contribution in [0.4, 0.5) is 4.39 Å². The minimum absolute atomic E-state index is 0.0579. The molecule has 2 rings (SSSR count). The first-order valence-corrected chi connectivity index (χ1v) is 8.89. The highest BCUT2D eigenvalue weighted by atomic mass is 19.1. The average Bonchev–Trinajstić information content (AvgIpc) is 2.95. The minimum atomic E-state index is -1.24. The second-order valence-electron chi connectivity index (χ2n) is 7.07. The largest absolute Gasteiger partial charge is 0.480 e. The summed E-state index contributed by atoms with van der Waals surface area (Å²) in [5, 5.41) is 21.4. The Morgan fingerprint density at radius 3 is 2.14 bits per heavy atom. The lowest BCUT2D eigenvalue weighted by Gasteiger charge is -2.21. The lowest BCUT2D eigenvalue weighted by molar-refractivity contribution is -0.143. The zero-order chi connectivity index (χ0) is 20.8. The van der Waals surface area contributed by atoms with Gasteiger partial charge in [0.05, 0.1) is 13.1 Å². The van der Waals surface area contributed by atoms with Crippen molar-refractivity contribution >= 4 is 11.9 Å². The van der Waals surface area contributed by atoms with Crippen LogP contribution in [0.2, 0.25) is 0 Å². The third kappa shape index (κ3) is 5.78. The number of aromatic nitrogens is 2. The van der Waals surface area contributed by atoms with Crippen molar-refractivity contribution in [3.05, 3.63) is 58.5 Å². The van der Waals surface area contributed by atoms with E-state index in [1.807, 2.05) is 13.8 Å². The zero-order valence-electron chi connectivity index (χ0n) is 15.7. The van der Waals surface area contributed by atoms with Gasteiger partial charge < -0.3 is 10.2 Å². The molecule has 0 bridgehead atoms. The number of aliphatic carboxylic acids is 2. The van der Waals surface area contributed by atoms with Gasteiger partial charge in [-0.15, -0.1) is 0 Å². The summed E-state index contributed by atoms with van der Waals surface area (Å²) >= 11 is 0. The molecule has 0 unspecified atom stereocenters. The van der Waals surface area contributed by atoms with E-state index in [1.165, 1.54) is 33.7 Å². The average molecular weight is 393 g/mol. The molecule has 0 aliphatic heterocycles. The third-order valence-electron chi connectivity index (χ3n) is 4.27. The monoisotopic (exact) mass is 393 g/mol. The Morgan fingerprint density at radius 1 is 1.04 bits per heavy atom. The highest BCUT2D eigenvalue weighted by Gasteiger charge is 2.27. The summed E-state index contributed by atoms with van der Waals surface area (Å²) in [6.45, 7) is 3.68. The van der Waals surface area contributed by atoms with Crippen molar-refractivity contribution in [1.29, 1.82) is 0 Å². The van der Waals surface area contributed by atoms with Crippen LogP contribution >= 0.6 is 0 Å². The van der Waals surface area contributed by atoms with E-state index in [1.54, 1.807) is 12.1 Å². The summed E-state index contributed by atoms with van der Waals surface area (Å²) < 4.78 is 15.6. The number of carbonyl (C=O) groups is 2. The van der Waals surface area contributed by atoms with Crippen LogP contribution in [0.1, 0.15) is 25.8 Å². The van der Waals surface area contributed by atoms with Crippen molar-refractivity contribution in [3.63, 3.8) is 0 Å². The second kappa shape index (κ2) is 9.32. The van der Waals surface area contributed by atoms with Crippen LogP contribution < -0.4 is 11.0 Å². The fourth-order valence-corrected chi connectivity index (χ4v) is 2.85. The van der Waals surface area contributed by atoms with Crippen molar-refractivity contribution in [2.45, 2.75) is 45.4 Å². The van der Waals surface area contributed by atoms with E-state index in [0.29, 0.717) is 0 Å². The molecule has 0 aliphatic rings. The molecule has 2 atom stereocenters. The molecular formula is C19H24FN3O5. The van der Waals surface area contributed by atoms with Crippen LogP contribution in [0.25, 0.3) is 0 Å². The van der Waals surface area contributed by atoms with Crippen molar-refractivity contribution in [2.24, 2.45) is 5.92 Å². The number of nitrogens with zero attached hydrogens (tertiary/aromatic N) is 2. The van der Waals surface area contributed by atoms with Crippen LogP contribution in [-0.4, -0.2) is 43.4 Å². The topological polar surface area (TPSA) is 114 Å². The van der Waals surface area contributed by atoms with E-state index in [2.05, 4.69) is 5.32 Å². The maximum absolute atomic E-state index is 13.0. The first kappa shape index (κ1) is 21.4. The maximum atomic E-state index is 13.0. The number of nitrogens with one attached hydrogen (secondary N) is 1. The number of carboxylic acids is 2. The molecule has 1 heterocycles. The second-order valence-corrected chi connectivity index (χ2v) is 7.07. The van der Waals surface area contributed by atoms with E-state index in [-0.39, 0.29) is 31.2 Å². The molecule has 0 saturated heterocycles. The fourth-order valence-electron chi connectivity index (χ4n) is 2.85. The van der Waals surface area contributed by atoms with E-state index in [4.69, 9.17) is 0 Å². The Morgan fingerprint density at radius 2 is 1.61 bits per heavy atom. The van der Waals surface area contributed by atoms with Gasteiger partial charge in [-0.05, 0) is 30.0 Å². The molecule has 3 N–H and O–H groups in total. The number of halogens is 1. The lowest BCUT2D eigenvalue weighted by Crippen LogP contribution is -2.50. The van der Waals surface area contributed by atoms with Gasteiger partial charge >= 0.3 is 17.6 Å². The minimum Gasteiger partial charge on any atom is -0.480 e. The van der Waals surface area contributed by atoms with Crippen molar-refractivity contribution in [1.82, 2.24) is 14.5 Å². The molecule has 2 aromatic rings. The summed E-state index contributed by atoms with van der Waals surface area (Å²) in [7, 11) is 0. The van der Waals surface area contributed by atoms with E-state index < -0.39 is 29.7 Å². The Hall–Kier alpha value is -2.94. The summed E-state index contributed by atoms with van der Waals surface area (Å²) in [6, 6.07) is 3.44. The molecule has 152 valence electrons. The molecule has 1 aromatic carbocycles. The van der Waals surface area contributed by atoms with Gasteiger partial charge in [-0.3, -0.25) is 24.0 Å². The third-order valence-corrected chi connectivity index (χ3v) is 4.27. The van der Waals surface area contributed by atoms with Gasteiger partial charge in [0.25, 0.3) is 0 Å². The molecule has 0 aliphatic carbocycles. The van der Waals surface area contributed by atoms with Gasteiger partial charge in [0, 0.05) is 12.4 Å². The van der Waals surface area contributed by atoms with Crippen LogP contribution in [0.3, 0.4) is 0 Å². The molecule has 28 heavy (non-hydrogen) atoms. The molecule has 0 amide bonds. The molecule has 0 spiro atoms. The predicted octanol–water partition coefficient (Wildman–Crippen LogP) is 1.38. The summed E-state index contributed by atoms with van der Waals surface area (Å²) in [5.41, 5.74) is 0.283. The van der Waals surface area contributed by atoms with Crippen LogP contribution in [0.5, 0.6) is 0 Å². The van der Waals surface area contributed by atoms with Gasteiger partial charge in [0.15, 0.2) is 0 Å². The lowest BCUT2D eigenvalue weighted by atomic mass is 10.0. The Kier molecular flexibility index (Phi) is 7.11. The number of hydrogen-bond donors (Lipinski definition) is 3. The van der Waals surface area contributed by atoms with Crippen molar-refractivity contribution in [3.8, 4) is 0 Å². The predicted molar refractivity (Wildman–Crippen MR) is 99.6 cm³/mol. The highest BCUT2D eigenvalue weighted by molar-refractivity contribution is 5.77. The number of carboxylic acid groups (broad SMARTS) is 2. The van der Waals surface area contributed by atoms with Crippen molar-refractivity contribution < 1.29 is 24.2 Å². The normalized spacial score (nSPS) is 13.4. The molecule has 0 radical (unpaired) electrons. The smallest absolute Gasteiger partial charge is 0.328 e. The SMILES string of the molecule is CC(C)C[C@H](N[C@@H](Cn1ccn(Cc2ccc(F)cc2)c1=O)C(=O)O)C(=O)O. The van der Waals surface area contributed by atoms with E-state index in [9.17, 15) is 29.0 Å². The molecular weight excluding hydrogens is 369 g/mol. The van der Waals surface area contributed by atoms with E-state index >= 15 is 0 Å². The fraction of sp³-hybridized carbons (Fsp3) is 0.421. The number of rotatable bonds is 10. The molecule has 1 aromatic heterocycles. The van der Waals surface area contributed by atoms with Gasteiger partial charge in [-0.25, -0.2) is 9.18 Å². The van der Waals surface area contributed by atoms with Crippen molar-refractivity contribution in [2.75, 3.05) is 0 Å². The van der Waals surface area contributed by atoms with Crippen LogP contribution in [0, 0.1) is 11.7 Å². The summed E-state index contributed by atoms with van der Waals surface area (Å²) in [5.74, 6) is -2.70. The number of imidazole rings is 1. The summed E-state index contributed by atoms with van der Waals surface area (Å²) in [6.07, 6.45) is 3.22. The quantitative estimate of drug-likeness (QED) is 0.562. The first-order chi connectivity index (χ1) is 13.2. The van der Waals surface area contributed by atoms with Crippen LogP contribution in [0.15, 0.2) is 41.5 Å². The maximum Gasteiger partial charge on any atom is 0.328 e. The molecule has 0 fully saturated rings. The first-order valence-electron chi connectivity index (χ1n) is 8.89. The zero-order valence-corrected chi connectivity index (χ0v) is 15.7. The Balaban J connectivity index is 2.14. The van der Waals surface area contributed by atoms with Crippen LogP contribution in [-0.2, 0) is 22.7 Å². The van der Waals surface area contributed by atoms with Gasteiger partial charge in [0.1, 0.15) is 17.9 Å². The van der Waals surface area contributed by atoms with Gasteiger partial charge in [-0.2, -0.15) is 0 Å². The molecule has 8 nitrogen and oxygen atoms in total. The van der Waals surface area contributed by atoms with E-state index in [0.717, 1.165) is 5.56 Å². The number of hydrogen-bond acceptors (Lipinski definition) is 4. The standard InChI is InChI=1S/C19H24FN3O5/c1-12(2)9-15(17(24)25)21-16(18(26)27)11-23-8-7-22(19(23)28)10-13-3-5-14(20)6-4-13/h3-8,12,15-16,21H,9-11H2,1-2H3,(H,24,25)(H,26,27)/t15-,16-/m0/s1.